The first-order valence-electron chi connectivity index (χ1n) is 13.2. The Morgan fingerprint density at radius 2 is 0.675 bits per heavy atom. The maximum atomic E-state index is 2.38. The van der Waals surface area contributed by atoms with E-state index in [1.54, 1.807) is 0 Å². The minimum atomic E-state index is 1.21. The molecule has 8 aromatic rings. The van der Waals surface area contributed by atoms with E-state index in [4.69, 9.17) is 0 Å². The molecule has 2 aromatic heterocycles. The lowest BCUT2D eigenvalue weighted by Crippen LogP contribution is -1.92. The Bertz CT molecular complexity index is 2010. The number of fused-ring (bicyclic) bond motifs is 6. The Balaban J connectivity index is 0.000000133. The molecule has 0 aliphatic heterocycles. The van der Waals surface area contributed by atoms with E-state index in [-0.39, 0.29) is 0 Å². The summed E-state index contributed by atoms with van der Waals surface area (Å²) in [4.78, 5) is 0. The van der Waals surface area contributed by atoms with Crippen LogP contribution in [-0.4, -0.2) is 9.13 Å². The summed E-state index contributed by atoms with van der Waals surface area (Å²) < 4.78 is 7.21. The van der Waals surface area contributed by atoms with Crippen molar-refractivity contribution in [3.8, 4) is 11.4 Å². The molecule has 0 aliphatic carbocycles. The Labute approximate surface area is 260 Å². The minimum absolute atomic E-state index is 1.21. The van der Waals surface area contributed by atoms with Crippen molar-refractivity contribution in [1.82, 2.24) is 9.13 Å². The summed E-state index contributed by atoms with van der Waals surface area (Å²) in [5.74, 6) is 0. The third-order valence-corrected chi connectivity index (χ3v) is 8.64. The van der Waals surface area contributed by atoms with Crippen molar-refractivity contribution in [2.24, 2.45) is 0 Å². The van der Waals surface area contributed by atoms with Crippen LogP contribution < -0.4 is 0 Å². The molecule has 6 aromatic carbocycles. The zero-order valence-corrected chi connectivity index (χ0v) is 25.8. The first kappa shape index (κ1) is 25.4. The van der Waals surface area contributed by atoms with Crippen molar-refractivity contribution in [3.63, 3.8) is 0 Å². The van der Waals surface area contributed by atoms with Crippen molar-refractivity contribution < 1.29 is 0 Å². The third kappa shape index (κ3) is 4.49. The topological polar surface area (TPSA) is 9.86 Å². The molecule has 0 fully saturated rings. The summed E-state index contributed by atoms with van der Waals surface area (Å²) in [6.07, 6.45) is 0. The third-order valence-electron chi connectivity index (χ3n) is 7.30. The molecule has 4 heteroatoms. The standard InChI is InChI=1S/C18H11I2N.C18H13N/c19-12-6-8-17-15(10-12)16-11-13(20)7-9-18(16)21(17)14-4-2-1-3-5-14;1-2-8-14(9-3-1)19-17-12-6-4-10-15(17)16-11-5-7-13-18(16)19/h1-11H;1-13H. The van der Waals surface area contributed by atoms with Crippen molar-refractivity contribution in [3.05, 3.63) is 153 Å². The lowest BCUT2D eigenvalue weighted by atomic mass is 10.2. The van der Waals surface area contributed by atoms with Gasteiger partial charge in [0.1, 0.15) is 0 Å². The van der Waals surface area contributed by atoms with Crippen LogP contribution in [0.25, 0.3) is 55.0 Å². The molecule has 0 aliphatic rings. The zero-order chi connectivity index (χ0) is 27.1. The number of nitrogens with zero attached hydrogens (tertiary/aromatic N) is 2. The summed E-state index contributed by atoms with van der Waals surface area (Å²) in [6.45, 7) is 0. The summed E-state index contributed by atoms with van der Waals surface area (Å²) in [6, 6.07) is 51.6. The van der Waals surface area contributed by atoms with E-state index in [2.05, 4.69) is 200 Å². The SMILES string of the molecule is Ic1ccc2c(c1)c1cc(I)ccc1n2-c1ccccc1.c1ccc(-n2c3ccccc3c3ccccc32)cc1. The molecule has 40 heavy (non-hydrogen) atoms. The van der Waals surface area contributed by atoms with Gasteiger partial charge in [0.05, 0.1) is 22.1 Å². The molecule has 0 bridgehead atoms. The highest BCUT2D eigenvalue weighted by molar-refractivity contribution is 14.1. The van der Waals surface area contributed by atoms with Gasteiger partial charge in [-0.1, -0.05) is 72.8 Å². The van der Waals surface area contributed by atoms with Crippen LogP contribution >= 0.6 is 45.2 Å². The number of rotatable bonds is 2. The van der Waals surface area contributed by atoms with Crippen molar-refractivity contribution in [2.75, 3.05) is 0 Å². The Hall–Kier alpha value is -3.62. The maximum absolute atomic E-state index is 2.38. The van der Waals surface area contributed by atoms with Crippen LogP contribution in [0, 0.1) is 7.14 Å². The van der Waals surface area contributed by atoms with Crippen molar-refractivity contribution >= 4 is 88.8 Å². The summed E-state index contributed by atoms with van der Waals surface area (Å²) >= 11 is 4.76. The predicted molar refractivity (Wildman–Crippen MR) is 187 cm³/mol. The van der Waals surface area contributed by atoms with Gasteiger partial charge in [0.25, 0.3) is 0 Å². The van der Waals surface area contributed by atoms with E-state index in [9.17, 15) is 0 Å². The average molecular weight is 738 g/mol. The van der Waals surface area contributed by atoms with E-state index in [1.807, 2.05) is 0 Å². The molecule has 0 amide bonds. The second kappa shape index (κ2) is 10.7. The summed E-state index contributed by atoms with van der Waals surface area (Å²) in [5.41, 5.74) is 7.46. The second-order valence-corrected chi connectivity index (χ2v) is 12.2. The van der Waals surface area contributed by atoms with E-state index in [0.29, 0.717) is 0 Å². The molecule has 2 nitrogen and oxygen atoms in total. The van der Waals surface area contributed by atoms with Crippen LogP contribution in [0.3, 0.4) is 0 Å². The molecular formula is C36H24I2N2. The Kier molecular flexibility index (Phi) is 6.81. The molecule has 0 radical (unpaired) electrons. The quantitative estimate of drug-likeness (QED) is 0.156. The molecule has 2 heterocycles. The van der Waals surface area contributed by atoms with Gasteiger partial charge in [0.15, 0.2) is 0 Å². The first-order chi connectivity index (χ1) is 19.7. The van der Waals surface area contributed by atoms with Gasteiger partial charge in [-0.15, -0.1) is 0 Å². The van der Waals surface area contributed by atoms with Crippen LogP contribution in [0.5, 0.6) is 0 Å². The normalized spacial score (nSPS) is 11.2. The molecular weight excluding hydrogens is 714 g/mol. The van der Waals surface area contributed by atoms with Gasteiger partial charge in [0.2, 0.25) is 0 Å². The number of para-hydroxylation sites is 4. The maximum Gasteiger partial charge on any atom is 0.0541 e. The molecule has 0 saturated heterocycles. The van der Waals surface area contributed by atoms with E-state index in [0.717, 1.165) is 0 Å². The highest BCUT2D eigenvalue weighted by atomic mass is 127. The molecule has 192 valence electrons. The zero-order valence-electron chi connectivity index (χ0n) is 21.5. The fourth-order valence-corrected chi connectivity index (χ4v) is 6.58. The van der Waals surface area contributed by atoms with Gasteiger partial charge < -0.3 is 9.13 Å². The van der Waals surface area contributed by atoms with E-state index < -0.39 is 0 Å². The number of aromatic nitrogens is 2. The average Bonchev–Trinajstić information content (AvgIpc) is 3.51. The highest BCUT2D eigenvalue weighted by Crippen LogP contribution is 2.34. The Morgan fingerprint density at radius 1 is 0.325 bits per heavy atom. The number of halogens is 2. The minimum Gasteiger partial charge on any atom is -0.309 e. The monoisotopic (exact) mass is 738 g/mol. The second-order valence-electron chi connectivity index (χ2n) is 9.70. The van der Waals surface area contributed by atoms with Crippen LogP contribution in [0.15, 0.2) is 146 Å². The van der Waals surface area contributed by atoms with Gasteiger partial charge >= 0.3 is 0 Å². The van der Waals surface area contributed by atoms with Crippen LogP contribution in [0.1, 0.15) is 0 Å². The van der Waals surface area contributed by atoms with E-state index in [1.165, 1.54) is 62.1 Å². The van der Waals surface area contributed by atoms with Crippen molar-refractivity contribution in [2.45, 2.75) is 0 Å². The van der Waals surface area contributed by atoms with Gasteiger partial charge in [0, 0.05) is 40.1 Å². The van der Waals surface area contributed by atoms with Crippen LogP contribution in [-0.2, 0) is 0 Å². The molecule has 0 saturated carbocycles. The highest BCUT2D eigenvalue weighted by Gasteiger charge is 2.13. The van der Waals surface area contributed by atoms with Gasteiger partial charge in [-0.05, 0) is 118 Å². The summed E-state index contributed by atoms with van der Waals surface area (Å²) in [7, 11) is 0. The van der Waals surface area contributed by atoms with Gasteiger partial charge in [-0.2, -0.15) is 0 Å². The van der Waals surface area contributed by atoms with Crippen LogP contribution in [0.2, 0.25) is 0 Å². The lowest BCUT2D eigenvalue weighted by molar-refractivity contribution is 1.18. The number of hydrogen-bond donors (Lipinski definition) is 0. The fourth-order valence-electron chi connectivity index (χ4n) is 5.60. The lowest BCUT2D eigenvalue weighted by Gasteiger charge is -2.07. The predicted octanol–water partition coefficient (Wildman–Crippen LogP) is 10.8. The van der Waals surface area contributed by atoms with E-state index >= 15 is 0 Å². The van der Waals surface area contributed by atoms with Crippen LogP contribution in [0.4, 0.5) is 0 Å². The number of benzene rings is 6. The van der Waals surface area contributed by atoms with Gasteiger partial charge in [-0.25, -0.2) is 0 Å². The van der Waals surface area contributed by atoms with Crippen molar-refractivity contribution in [1.29, 1.82) is 0 Å². The molecule has 0 N–H and O–H groups in total. The Morgan fingerprint density at radius 3 is 1.10 bits per heavy atom. The summed E-state index contributed by atoms with van der Waals surface area (Å²) in [5, 5.41) is 5.25. The molecule has 0 atom stereocenters. The smallest absolute Gasteiger partial charge is 0.0541 e. The largest absolute Gasteiger partial charge is 0.309 e. The van der Waals surface area contributed by atoms with Gasteiger partial charge in [-0.3, -0.25) is 0 Å². The number of hydrogen-bond acceptors (Lipinski definition) is 0. The molecule has 0 spiro atoms. The molecule has 0 unspecified atom stereocenters. The molecule has 8 rings (SSSR count). The first-order valence-corrected chi connectivity index (χ1v) is 15.3. The fraction of sp³-hybridized carbons (Fsp3) is 0.